The van der Waals surface area contributed by atoms with Gasteiger partial charge in [0.05, 0.1) is 17.3 Å². The molecule has 0 heterocycles. The number of hydrogen-bond acceptors (Lipinski definition) is 5. The highest BCUT2D eigenvalue weighted by molar-refractivity contribution is 9.10. The number of nitrogens with zero attached hydrogens (tertiary/aromatic N) is 1. The second-order valence-corrected chi connectivity index (χ2v) is 7.04. The summed E-state index contributed by atoms with van der Waals surface area (Å²) in [6.45, 7) is 2.19. The van der Waals surface area contributed by atoms with Crippen LogP contribution in [0.2, 0.25) is 0 Å². The zero-order valence-corrected chi connectivity index (χ0v) is 16.9. The molecule has 1 aromatic carbocycles. The van der Waals surface area contributed by atoms with Crippen LogP contribution in [-0.2, 0) is 4.79 Å². The van der Waals surface area contributed by atoms with Crippen molar-refractivity contribution in [2.75, 3.05) is 13.2 Å². The van der Waals surface area contributed by atoms with Gasteiger partial charge in [0.15, 0.2) is 18.1 Å². The van der Waals surface area contributed by atoms with Crippen molar-refractivity contribution in [3.63, 3.8) is 0 Å². The Kier molecular flexibility index (Phi) is 8.38. The molecule has 9 heteroatoms. The molecule has 2 rings (SSSR count). The minimum atomic E-state index is -0.751. The fourth-order valence-electron chi connectivity index (χ4n) is 2.89. The number of carbonyl (C=O) groups excluding carboxylic acids is 2. The normalized spacial score (nSPS) is 14.7. The van der Waals surface area contributed by atoms with Crippen LogP contribution in [0.3, 0.4) is 0 Å². The van der Waals surface area contributed by atoms with Crippen molar-refractivity contribution in [2.24, 2.45) is 10.8 Å². The van der Waals surface area contributed by atoms with Crippen molar-refractivity contribution < 1.29 is 19.1 Å². The quantitative estimate of drug-likeness (QED) is 0.425. The molecule has 0 atom stereocenters. The van der Waals surface area contributed by atoms with E-state index in [0.717, 1.165) is 25.7 Å². The monoisotopic (exact) mass is 440 g/mol. The minimum Gasteiger partial charge on any atom is -0.490 e. The molecule has 1 fully saturated rings. The summed E-state index contributed by atoms with van der Waals surface area (Å²) in [6.07, 6.45) is 7.01. The molecule has 148 valence electrons. The number of amides is 3. The third kappa shape index (κ3) is 7.09. The van der Waals surface area contributed by atoms with E-state index in [0.29, 0.717) is 28.1 Å². The van der Waals surface area contributed by atoms with Crippen LogP contribution < -0.4 is 25.9 Å². The van der Waals surface area contributed by atoms with Gasteiger partial charge in [0.2, 0.25) is 0 Å². The maximum absolute atomic E-state index is 12.2. The fourth-order valence-corrected chi connectivity index (χ4v) is 3.46. The molecule has 1 aliphatic rings. The Hall–Kier alpha value is -2.29. The molecule has 0 aromatic heterocycles. The molecule has 27 heavy (non-hydrogen) atoms. The van der Waals surface area contributed by atoms with Crippen LogP contribution in [-0.4, -0.2) is 37.4 Å². The van der Waals surface area contributed by atoms with Gasteiger partial charge in [-0.25, -0.2) is 10.2 Å². The Morgan fingerprint density at radius 3 is 2.70 bits per heavy atom. The minimum absolute atomic E-state index is 0.0914. The Balaban J connectivity index is 2.02. The van der Waals surface area contributed by atoms with Crippen molar-refractivity contribution in [1.82, 2.24) is 10.7 Å². The van der Waals surface area contributed by atoms with Gasteiger partial charge in [0.1, 0.15) is 0 Å². The molecule has 0 radical (unpaired) electrons. The SMILES string of the molecule is CCOc1cc(C=NNC(N)=O)cc(Br)c1OCC(=O)NC1CCCCC1. The van der Waals surface area contributed by atoms with Crippen LogP contribution in [0.25, 0.3) is 0 Å². The molecule has 0 bridgehead atoms. The number of ether oxygens (including phenoxy) is 2. The van der Waals surface area contributed by atoms with Gasteiger partial charge >= 0.3 is 6.03 Å². The van der Waals surface area contributed by atoms with E-state index in [1.165, 1.54) is 12.6 Å². The second kappa shape index (κ2) is 10.8. The lowest BCUT2D eigenvalue weighted by molar-refractivity contribution is -0.124. The third-order valence-corrected chi connectivity index (χ3v) is 4.63. The third-order valence-electron chi connectivity index (χ3n) is 4.04. The highest BCUT2D eigenvalue weighted by Gasteiger charge is 2.18. The van der Waals surface area contributed by atoms with E-state index < -0.39 is 6.03 Å². The number of hydrazone groups is 1. The van der Waals surface area contributed by atoms with Crippen molar-refractivity contribution in [2.45, 2.75) is 45.1 Å². The number of halogens is 1. The lowest BCUT2D eigenvalue weighted by atomic mass is 9.95. The van der Waals surface area contributed by atoms with E-state index in [1.54, 1.807) is 12.1 Å². The molecule has 1 aliphatic carbocycles. The molecule has 0 unspecified atom stereocenters. The average molecular weight is 441 g/mol. The van der Waals surface area contributed by atoms with Gasteiger partial charge in [0, 0.05) is 6.04 Å². The summed E-state index contributed by atoms with van der Waals surface area (Å²) in [4.78, 5) is 22.8. The van der Waals surface area contributed by atoms with Gasteiger partial charge in [-0.05, 0) is 53.4 Å². The number of rotatable bonds is 8. The van der Waals surface area contributed by atoms with Crippen LogP contribution in [0.4, 0.5) is 4.79 Å². The van der Waals surface area contributed by atoms with Gasteiger partial charge < -0.3 is 20.5 Å². The summed E-state index contributed by atoms with van der Waals surface area (Å²) in [6, 6.07) is 2.93. The summed E-state index contributed by atoms with van der Waals surface area (Å²) >= 11 is 3.43. The van der Waals surface area contributed by atoms with E-state index in [4.69, 9.17) is 15.2 Å². The smallest absolute Gasteiger partial charge is 0.332 e. The van der Waals surface area contributed by atoms with Gasteiger partial charge in [-0.1, -0.05) is 19.3 Å². The van der Waals surface area contributed by atoms with Crippen molar-refractivity contribution in [3.05, 3.63) is 22.2 Å². The summed E-state index contributed by atoms with van der Waals surface area (Å²) in [5, 5.41) is 6.74. The largest absolute Gasteiger partial charge is 0.490 e. The van der Waals surface area contributed by atoms with E-state index in [-0.39, 0.29) is 18.6 Å². The lowest BCUT2D eigenvalue weighted by Gasteiger charge is -2.23. The predicted molar refractivity (Wildman–Crippen MR) is 106 cm³/mol. The average Bonchev–Trinajstić information content (AvgIpc) is 2.62. The first-order chi connectivity index (χ1) is 13.0. The van der Waals surface area contributed by atoms with E-state index >= 15 is 0 Å². The van der Waals surface area contributed by atoms with Crippen LogP contribution in [0.15, 0.2) is 21.7 Å². The molecule has 0 aliphatic heterocycles. The lowest BCUT2D eigenvalue weighted by Crippen LogP contribution is -2.39. The highest BCUT2D eigenvalue weighted by Crippen LogP contribution is 2.36. The van der Waals surface area contributed by atoms with Gasteiger partial charge in [-0.3, -0.25) is 4.79 Å². The van der Waals surface area contributed by atoms with E-state index in [2.05, 4.69) is 31.8 Å². The zero-order valence-electron chi connectivity index (χ0n) is 15.3. The van der Waals surface area contributed by atoms with E-state index in [1.807, 2.05) is 6.92 Å². The maximum atomic E-state index is 12.2. The van der Waals surface area contributed by atoms with Crippen LogP contribution in [0.5, 0.6) is 11.5 Å². The molecule has 4 N–H and O–H groups in total. The van der Waals surface area contributed by atoms with Crippen LogP contribution in [0, 0.1) is 0 Å². The van der Waals surface area contributed by atoms with Crippen molar-refractivity contribution in [3.8, 4) is 11.5 Å². The number of urea groups is 1. The van der Waals surface area contributed by atoms with Gasteiger partial charge in [-0.2, -0.15) is 5.10 Å². The summed E-state index contributed by atoms with van der Waals surface area (Å²) in [7, 11) is 0. The number of benzene rings is 1. The first kappa shape index (κ1) is 21.0. The van der Waals surface area contributed by atoms with Crippen LogP contribution in [0.1, 0.15) is 44.6 Å². The summed E-state index contributed by atoms with van der Waals surface area (Å²) in [5.74, 6) is 0.765. The Morgan fingerprint density at radius 1 is 1.30 bits per heavy atom. The second-order valence-electron chi connectivity index (χ2n) is 6.19. The van der Waals surface area contributed by atoms with Crippen molar-refractivity contribution in [1.29, 1.82) is 0 Å². The summed E-state index contributed by atoms with van der Waals surface area (Å²) < 4.78 is 11.9. The van der Waals surface area contributed by atoms with Crippen molar-refractivity contribution >= 4 is 34.1 Å². The number of nitrogens with one attached hydrogen (secondary N) is 2. The highest BCUT2D eigenvalue weighted by atomic mass is 79.9. The summed E-state index contributed by atoms with van der Waals surface area (Å²) in [5.41, 5.74) is 7.76. The predicted octanol–water partition coefficient (Wildman–Crippen LogP) is 2.68. The number of hydrogen-bond donors (Lipinski definition) is 3. The van der Waals surface area contributed by atoms with Gasteiger partial charge in [0.25, 0.3) is 5.91 Å². The Morgan fingerprint density at radius 2 is 2.04 bits per heavy atom. The fraction of sp³-hybridized carbons (Fsp3) is 0.500. The molecule has 8 nitrogen and oxygen atoms in total. The molecular formula is C18H25BrN4O4. The molecule has 0 saturated heterocycles. The Labute approximate surface area is 167 Å². The van der Waals surface area contributed by atoms with E-state index in [9.17, 15) is 9.59 Å². The number of nitrogens with two attached hydrogens (primary N) is 1. The first-order valence-corrected chi connectivity index (χ1v) is 9.76. The standard InChI is InChI=1S/C18H25BrN4O4/c1-2-26-15-9-12(10-21-23-18(20)25)8-14(19)17(15)27-11-16(24)22-13-6-4-3-5-7-13/h8-10,13H,2-7,11H2,1H3,(H,22,24)(H3,20,23,25). The number of primary amides is 1. The molecule has 1 saturated carbocycles. The zero-order chi connectivity index (χ0) is 19.6. The first-order valence-electron chi connectivity index (χ1n) is 8.96. The molecule has 3 amide bonds. The molecular weight excluding hydrogens is 416 g/mol. The van der Waals surface area contributed by atoms with Gasteiger partial charge in [-0.15, -0.1) is 0 Å². The Bertz CT molecular complexity index is 690. The van der Waals surface area contributed by atoms with Crippen LogP contribution >= 0.6 is 15.9 Å². The molecule has 1 aromatic rings. The maximum Gasteiger partial charge on any atom is 0.332 e. The molecule has 0 spiro atoms. The topological polar surface area (TPSA) is 115 Å². The number of carbonyl (C=O) groups is 2.